The molecule has 1 fully saturated rings. The number of hydrogen-bond donors (Lipinski definition) is 3. The Morgan fingerprint density at radius 3 is 2.74 bits per heavy atom. The van der Waals surface area contributed by atoms with E-state index in [2.05, 4.69) is 5.32 Å². The summed E-state index contributed by atoms with van der Waals surface area (Å²) in [5.74, 6) is -4.75. The van der Waals surface area contributed by atoms with Crippen LogP contribution in [0.4, 0.5) is 8.78 Å². The number of rotatable bonds is 3. The summed E-state index contributed by atoms with van der Waals surface area (Å²) in [6.45, 7) is 0.137. The molecular weight excluding hydrogens is 260 g/mol. The maximum absolute atomic E-state index is 13.8. The molecule has 104 valence electrons. The van der Waals surface area contributed by atoms with Gasteiger partial charge in [0.2, 0.25) is 0 Å². The Labute approximate surface area is 107 Å². The molecule has 5 nitrogen and oxygen atoms in total. The van der Waals surface area contributed by atoms with E-state index in [1.54, 1.807) is 0 Å². The van der Waals surface area contributed by atoms with Gasteiger partial charge in [-0.25, -0.2) is 8.78 Å². The third-order valence-electron chi connectivity index (χ3n) is 3.24. The first-order valence-electron chi connectivity index (χ1n) is 5.66. The van der Waals surface area contributed by atoms with Crippen molar-refractivity contribution < 1.29 is 28.5 Å². The molecule has 1 aromatic carbocycles. The van der Waals surface area contributed by atoms with Crippen LogP contribution in [0.1, 0.15) is 18.0 Å². The topological polar surface area (TPSA) is 78.8 Å². The molecule has 3 N–H and O–H groups in total. The molecule has 1 aromatic rings. The van der Waals surface area contributed by atoms with Crippen LogP contribution in [-0.4, -0.2) is 29.8 Å². The Bertz CT molecular complexity index is 521. The van der Waals surface area contributed by atoms with Crippen LogP contribution < -0.4 is 10.1 Å². The Morgan fingerprint density at radius 2 is 2.21 bits per heavy atom. The number of phenolic OH excluding ortho intramolecular Hbond substituents is 1. The minimum absolute atomic E-state index is 0.0758. The van der Waals surface area contributed by atoms with Gasteiger partial charge in [-0.05, 0) is 6.42 Å². The summed E-state index contributed by atoms with van der Waals surface area (Å²) in [4.78, 5) is 10.8. The smallest absolute Gasteiger partial charge is 0.307 e. The minimum Gasteiger partial charge on any atom is -0.504 e. The van der Waals surface area contributed by atoms with Crippen LogP contribution in [0.2, 0.25) is 0 Å². The highest BCUT2D eigenvalue weighted by Gasteiger charge is 2.35. The van der Waals surface area contributed by atoms with Crippen molar-refractivity contribution >= 4 is 5.97 Å². The number of phenols is 1. The van der Waals surface area contributed by atoms with Gasteiger partial charge in [0, 0.05) is 18.7 Å². The van der Waals surface area contributed by atoms with E-state index in [9.17, 15) is 18.7 Å². The molecule has 2 atom stereocenters. The van der Waals surface area contributed by atoms with E-state index in [0.29, 0.717) is 0 Å². The summed E-state index contributed by atoms with van der Waals surface area (Å²) < 4.78 is 31.9. The fraction of sp³-hybridized carbons (Fsp3) is 0.417. The molecule has 0 saturated carbocycles. The Hall–Kier alpha value is -1.89. The molecule has 1 aliphatic rings. The number of aromatic hydroxyl groups is 1. The zero-order valence-electron chi connectivity index (χ0n) is 10.1. The summed E-state index contributed by atoms with van der Waals surface area (Å²) >= 11 is 0. The molecule has 2 rings (SSSR count). The van der Waals surface area contributed by atoms with Crippen molar-refractivity contribution in [1.29, 1.82) is 0 Å². The SMILES string of the molecule is COc1cc(F)c(F)c(C2CC(C(=O)O)CN2)c1O. The monoisotopic (exact) mass is 273 g/mol. The van der Waals surface area contributed by atoms with Gasteiger partial charge in [-0.15, -0.1) is 0 Å². The van der Waals surface area contributed by atoms with Crippen LogP contribution in [0.25, 0.3) is 0 Å². The number of carbonyl (C=O) groups is 1. The van der Waals surface area contributed by atoms with Gasteiger partial charge < -0.3 is 20.3 Å². The van der Waals surface area contributed by atoms with Crippen molar-refractivity contribution in [2.45, 2.75) is 12.5 Å². The first kappa shape index (κ1) is 13.5. The number of halogens is 2. The molecule has 0 amide bonds. The van der Waals surface area contributed by atoms with E-state index in [4.69, 9.17) is 9.84 Å². The summed E-state index contributed by atoms with van der Waals surface area (Å²) in [5.41, 5.74) is -0.291. The molecule has 19 heavy (non-hydrogen) atoms. The predicted octanol–water partition coefficient (Wildman–Crippen LogP) is 1.41. The van der Waals surface area contributed by atoms with E-state index >= 15 is 0 Å². The molecule has 0 aromatic heterocycles. The second-order valence-electron chi connectivity index (χ2n) is 4.37. The van der Waals surface area contributed by atoms with Gasteiger partial charge in [-0.1, -0.05) is 0 Å². The summed E-state index contributed by atoms with van der Waals surface area (Å²) in [6, 6.07) is -0.0108. The van der Waals surface area contributed by atoms with Gasteiger partial charge in [0.05, 0.1) is 18.6 Å². The summed E-state index contributed by atoms with van der Waals surface area (Å²) in [5, 5.41) is 21.5. The molecule has 0 bridgehead atoms. The van der Waals surface area contributed by atoms with Crippen molar-refractivity contribution in [2.24, 2.45) is 5.92 Å². The number of carboxylic acids is 1. The van der Waals surface area contributed by atoms with Gasteiger partial charge >= 0.3 is 5.97 Å². The van der Waals surface area contributed by atoms with Crippen LogP contribution in [-0.2, 0) is 4.79 Å². The third kappa shape index (κ3) is 2.33. The number of hydrogen-bond acceptors (Lipinski definition) is 4. The van der Waals surface area contributed by atoms with Crippen LogP contribution in [0.3, 0.4) is 0 Å². The van der Waals surface area contributed by atoms with Crippen LogP contribution in [0.5, 0.6) is 11.5 Å². The average molecular weight is 273 g/mol. The van der Waals surface area contributed by atoms with E-state index in [1.165, 1.54) is 7.11 Å². The fourth-order valence-corrected chi connectivity index (χ4v) is 2.23. The fourth-order valence-electron chi connectivity index (χ4n) is 2.23. The quantitative estimate of drug-likeness (QED) is 0.776. The van der Waals surface area contributed by atoms with Crippen LogP contribution in [0, 0.1) is 17.6 Å². The van der Waals surface area contributed by atoms with E-state index in [1.807, 2.05) is 0 Å². The Balaban J connectivity index is 2.40. The second-order valence-corrected chi connectivity index (χ2v) is 4.37. The Morgan fingerprint density at radius 1 is 1.53 bits per heavy atom. The molecule has 1 heterocycles. The van der Waals surface area contributed by atoms with Gasteiger partial charge in [-0.3, -0.25) is 4.79 Å². The lowest BCUT2D eigenvalue weighted by molar-refractivity contribution is -0.141. The molecule has 1 aliphatic heterocycles. The molecule has 7 heteroatoms. The van der Waals surface area contributed by atoms with E-state index in [0.717, 1.165) is 6.07 Å². The van der Waals surface area contributed by atoms with Crippen molar-refractivity contribution in [2.75, 3.05) is 13.7 Å². The zero-order chi connectivity index (χ0) is 14.2. The number of carboxylic acid groups (broad SMARTS) is 1. The highest BCUT2D eigenvalue weighted by Crippen LogP contribution is 2.40. The van der Waals surface area contributed by atoms with Gasteiger partial charge in [0.25, 0.3) is 0 Å². The first-order chi connectivity index (χ1) is 8.95. The van der Waals surface area contributed by atoms with Crippen molar-refractivity contribution in [1.82, 2.24) is 5.32 Å². The highest BCUT2D eigenvalue weighted by atomic mass is 19.2. The van der Waals surface area contributed by atoms with Crippen molar-refractivity contribution in [3.63, 3.8) is 0 Å². The van der Waals surface area contributed by atoms with Crippen LogP contribution >= 0.6 is 0 Å². The molecular formula is C12H13F2NO4. The second kappa shape index (κ2) is 5.00. The lowest BCUT2D eigenvalue weighted by Crippen LogP contribution is -2.18. The van der Waals surface area contributed by atoms with E-state index < -0.39 is 35.3 Å². The predicted molar refractivity (Wildman–Crippen MR) is 61.1 cm³/mol. The average Bonchev–Trinajstić information content (AvgIpc) is 2.83. The Kier molecular flexibility index (Phi) is 3.57. The van der Waals surface area contributed by atoms with E-state index in [-0.39, 0.29) is 24.3 Å². The standard InChI is InChI=1S/C12H13F2NO4/c1-19-8-3-6(13)10(14)9(11(8)16)7-2-5(4-15-7)12(17)18/h3,5,7,15-16H,2,4H2,1H3,(H,17,18). The van der Waals surface area contributed by atoms with Crippen molar-refractivity contribution in [3.05, 3.63) is 23.3 Å². The van der Waals surface area contributed by atoms with Crippen molar-refractivity contribution in [3.8, 4) is 11.5 Å². The number of ether oxygens (including phenoxy) is 1. The minimum atomic E-state index is -1.19. The zero-order valence-corrected chi connectivity index (χ0v) is 10.1. The third-order valence-corrected chi connectivity index (χ3v) is 3.24. The van der Waals surface area contributed by atoms with Gasteiger partial charge in [0.1, 0.15) is 0 Å². The lowest BCUT2D eigenvalue weighted by Gasteiger charge is -2.16. The maximum atomic E-state index is 13.8. The highest BCUT2D eigenvalue weighted by molar-refractivity contribution is 5.71. The maximum Gasteiger partial charge on any atom is 0.307 e. The van der Waals surface area contributed by atoms with Gasteiger partial charge in [-0.2, -0.15) is 0 Å². The number of methoxy groups -OCH3 is 1. The molecule has 2 unspecified atom stereocenters. The number of benzene rings is 1. The van der Waals surface area contributed by atoms with Crippen LogP contribution in [0.15, 0.2) is 6.07 Å². The summed E-state index contributed by atoms with van der Waals surface area (Å²) in [7, 11) is 1.22. The number of nitrogens with one attached hydrogen (secondary N) is 1. The lowest BCUT2D eigenvalue weighted by atomic mass is 9.98. The molecule has 0 spiro atoms. The molecule has 0 aliphatic carbocycles. The first-order valence-corrected chi connectivity index (χ1v) is 5.66. The number of aliphatic carboxylic acids is 1. The van der Waals surface area contributed by atoms with Gasteiger partial charge in [0.15, 0.2) is 23.1 Å². The summed E-state index contributed by atoms with van der Waals surface area (Å²) in [6.07, 6.45) is 0.0758. The normalized spacial score (nSPS) is 22.5. The molecule has 0 radical (unpaired) electrons. The largest absolute Gasteiger partial charge is 0.504 e. The molecule has 1 saturated heterocycles.